The van der Waals surface area contributed by atoms with Crippen molar-refractivity contribution >= 4 is 0 Å². The van der Waals surface area contributed by atoms with Crippen molar-refractivity contribution in [1.29, 1.82) is 0 Å². The van der Waals surface area contributed by atoms with E-state index in [0.29, 0.717) is 0 Å². The van der Waals surface area contributed by atoms with Gasteiger partial charge in [-0.25, -0.2) is 0 Å². The molecule has 2 heteroatoms. The van der Waals surface area contributed by atoms with Crippen molar-refractivity contribution in [2.75, 3.05) is 6.61 Å². The Hall–Kier alpha value is 0.622. The molecule has 0 atom stereocenters. The van der Waals surface area contributed by atoms with Gasteiger partial charge in [-0.3, -0.25) is 0 Å². The first-order chi connectivity index (χ1) is 2.89. The van der Waals surface area contributed by atoms with Crippen LogP contribution in [0.2, 0.25) is 0 Å². The average Bonchev–Trinajstić information content (AvgIpc) is 1.86. The van der Waals surface area contributed by atoms with Gasteiger partial charge in [0.15, 0.2) is 0 Å². The second-order valence-corrected chi connectivity index (χ2v) is 1.65. The van der Waals surface area contributed by atoms with Crippen LogP contribution in [0, 0.1) is 6.10 Å². The average molecular weight is 271 g/mol. The van der Waals surface area contributed by atoms with Crippen LogP contribution >= 0.6 is 0 Å². The van der Waals surface area contributed by atoms with Gasteiger partial charge in [-0.1, -0.05) is 6.42 Å². The molecule has 1 heterocycles. The second kappa shape index (κ2) is 3.60. The van der Waals surface area contributed by atoms with Crippen LogP contribution in [-0.2, 0) is 25.2 Å². The predicted molar refractivity (Wildman–Crippen MR) is 24.1 cm³/mol. The minimum Gasteiger partial charge on any atom is -0.549 e. The van der Waals surface area contributed by atoms with Crippen LogP contribution in [0.15, 0.2) is 0 Å². The molecular weight excluding hydrogens is 262 g/mol. The summed E-state index contributed by atoms with van der Waals surface area (Å²) in [6.07, 6.45) is 3.61. The van der Waals surface area contributed by atoms with Crippen LogP contribution in [-0.4, -0.2) is 6.61 Å². The molecule has 0 bridgehead atoms. The van der Waals surface area contributed by atoms with E-state index in [1.165, 1.54) is 18.9 Å². The minimum atomic E-state index is 0. The van der Waals surface area contributed by atoms with Gasteiger partial charge in [-0.2, -0.15) is 19.4 Å². The maximum Gasteiger partial charge on any atom is 0.00901 e. The smallest absolute Gasteiger partial charge is 0.00901 e. The fourth-order valence-corrected chi connectivity index (χ4v) is 0.640. The first kappa shape index (κ1) is 7.62. The van der Waals surface area contributed by atoms with Crippen molar-refractivity contribution in [3.63, 3.8) is 0 Å². The van der Waals surface area contributed by atoms with Crippen LogP contribution < -0.4 is 0 Å². The molecule has 0 N–H and O–H groups in total. The Morgan fingerprint density at radius 2 is 2.29 bits per heavy atom. The Morgan fingerprint density at radius 1 is 1.57 bits per heavy atom. The van der Waals surface area contributed by atoms with E-state index in [-0.39, 0.29) is 20.4 Å². The Morgan fingerprint density at radius 3 is 2.43 bits per heavy atom. The molecule has 0 aromatic carbocycles. The first-order valence-corrected chi connectivity index (χ1v) is 2.35. The summed E-state index contributed by atoms with van der Waals surface area (Å²) in [7, 11) is 0. The van der Waals surface area contributed by atoms with E-state index in [4.69, 9.17) is 4.74 Å². The molecule has 0 aromatic heterocycles. The molecule has 0 saturated carbocycles. The van der Waals surface area contributed by atoms with Gasteiger partial charge in [-0.05, 0) is 0 Å². The fourth-order valence-electron chi connectivity index (χ4n) is 0.640. The molecule has 1 radical (unpaired) electrons. The van der Waals surface area contributed by atoms with Gasteiger partial charge < -0.3 is 4.74 Å². The molecule has 7 heavy (non-hydrogen) atoms. The summed E-state index contributed by atoms with van der Waals surface area (Å²) in [5.41, 5.74) is 0. The van der Waals surface area contributed by atoms with Gasteiger partial charge in [0.1, 0.15) is 0 Å². The topological polar surface area (TPSA) is 9.23 Å². The molecule has 1 aliphatic heterocycles. The van der Waals surface area contributed by atoms with Crippen molar-refractivity contribution in [2.24, 2.45) is 0 Å². The summed E-state index contributed by atoms with van der Waals surface area (Å²) in [6.45, 7) is 2.98. The summed E-state index contributed by atoms with van der Waals surface area (Å²) >= 11 is 0. The largest absolute Gasteiger partial charge is 0.549 e. The maximum absolute atomic E-state index is 5.07. The minimum absolute atomic E-state index is 0. The number of hydrogen-bond acceptors (Lipinski definition) is 1. The first-order valence-electron chi connectivity index (χ1n) is 2.35. The van der Waals surface area contributed by atoms with Crippen molar-refractivity contribution in [1.82, 2.24) is 0 Å². The van der Waals surface area contributed by atoms with E-state index in [9.17, 15) is 0 Å². The summed E-state index contributed by atoms with van der Waals surface area (Å²) in [5.74, 6) is 0. The Labute approximate surface area is 58.1 Å². The van der Waals surface area contributed by atoms with E-state index in [0.717, 1.165) is 6.61 Å². The molecule has 1 fully saturated rings. The molecule has 1 nitrogen and oxygen atoms in total. The van der Waals surface area contributed by atoms with Crippen LogP contribution in [0.3, 0.4) is 0 Å². The predicted octanol–water partition coefficient (Wildman–Crippen LogP) is 1.35. The molecule has 0 aliphatic carbocycles. The Kier molecular flexibility index (Phi) is 3.92. The van der Waals surface area contributed by atoms with Gasteiger partial charge in [0.05, 0.1) is 0 Å². The van der Waals surface area contributed by atoms with E-state index < -0.39 is 0 Å². The molecule has 0 unspecified atom stereocenters. The summed E-state index contributed by atoms with van der Waals surface area (Å²) < 4.78 is 5.07. The fraction of sp³-hybridized carbons (Fsp3) is 0.800. The molecule has 0 aromatic rings. The SMILES string of the molecule is C[C-]1CCCO1.[Re]. The second-order valence-electron chi connectivity index (χ2n) is 1.65. The number of ether oxygens (including phenoxy) is 1. The van der Waals surface area contributed by atoms with Crippen LogP contribution in [0.4, 0.5) is 0 Å². The van der Waals surface area contributed by atoms with E-state index in [2.05, 4.69) is 0 Å². The van der Waals surface area contributed by atoms with Crippen molar-refractivity contribution < 1.29 is 25.2 Å². The molecule has 43 valence electrons. The van der Waals surface area contributed by atoms with Crippen LogP contribution in [0.25, 0.3) is 0 Å². The molecule has 1 rings (SSSR count). The number of rotatable bonds is 0. The zero-order valence-electron chi connectivity index (χ0n) is 4.41. The van der Waals surface area contributed by atoms with Crippen LogP contribution in [0.1, 0.15) is 19.8 Å². The third-order valence-corrected chi connectivity index (χ3v) is 1.02. The Balaban J connectivity index is 0.000000360. The number of hydrogen-bond donors (Lipinski definition) is 0. The summed E-state index contributed by atoms with van der Waals surface area (Å²) in [6, 6.07) is 0. The monoisotopic (exact) mass is 272 g/mol. The van der Waals surface area contributed by atoms with Crippen LogP contribution in [0.5, 0.6) is 0 Å². The normalized spacial score (nSPS) is 21.9. The third-order valence-electron chi connectivity index (χ3n) is 1.02. The van der Waals surface area contributed by atoms with Crippen molar-refractivity contribution in [2.45, 2.75) is 19.8 Å². The molecule has 0 amide bonds. The van der Waals surface area contributed by atoms with E-state index in [1.54, 1.807) is 0 Å². The standard InChI is InChI=1S/C5H9O.Re/c1-5-3-2-4-6-5;/h2-4H2,1H3;/q-1;. The van der Waals surface area contributed by atoms with Gasteiger partial charge >= 0.3 is 0 Å². The maximum atomic E-state index is 5.07. The quantitative estimate of drug-likeness (QED) is 0.604. The van der Waals surface area contributed by atoms with Gasteiger partial charge in [0.25, 0.3) is 0 Å². The van der Waals surface area contributed by atoms with E-state index >= 15 is 0 Å². The van der Waals surface area contributed by atoms with Crippen molar-refractivity contribution in [3.05, 3.63) is 6.10 Å². The zero-order valence-corrected chi connectivity index (χ0v) is 7.12. The van der Waals surface area contributed by atoms with Crippen molar-refractivity contribution in [3.8, 4) is 0 Å². The van der Waals surface area contributed by atoms with Gasteiger partial charge in [-0.15, -0.1) is 0 Å². The molecule has 1 saturated heterocycles. The van der Waals surface area contributed by atoms with Gasteiger partial charge in [0, 0.05) is 27.0 Å². The molecular formula is C5H9ORe-. The summed E-state index contributed by atoms with van der Waals surface area (Å²) in [5, 5.41) is 0. The van der Waals surface area contributed by atoms with Gasteiger partial charge in [0.2, 0.25) is 0 Å². The molecule has 0 spiro atoms. The third kappa shape index (κ3) is 2.44. The molecule has 1 aliphatic rings. The Bertz CT molecular complexity index is 41.3. The summed E-state index contributed by atoms with van der Waals surface area (Å²) in [4.78, 5) is 0. The zero-order chi connectivity index (χ0) is 4.41. The van der Waals surface area contributed by atoms with E-state index in [1.807, 2.05) is 6.92 Å².